The van der Waals surface area contributed by atoms with Crippen LogP contribution in [0, 0.1) is 5.92 Å². The summed E-state index contributed by atoms with van der Waals surface area (Å²) >= 11 is 1.87. The van der Waals surface area contributed by atoms with Gasteiger partial charge in [0, 0.05) is 49.5 Å². The molecule has 3 heterocycles. The van der Waals surface area contributed by atoms with Gasteiger partial charge in [0.1, 0.15) is 0 Å². The molecular weight excluding hydrogens is 410 g/mol. The van der Waals surface area contributed by atoms with E-state index in [0.717, 1.165) is 19.4 Å². The van der Waals surface area contributed by atoms with Crippen molar-refractivity contribution in [3.8, 4) is 0 Å². The molecule has 1 aromatic carbocycles. The Bertz CT molecular complexity index is 969. The van der Waals surface area contributed by atoms with Crippen molar-refractivity contribution in [1.82, 2.24) is 14.4 Å². The van der Waals surface area contributed by atoms with Crippen molar-refractivity contribution in [3.63, 3.8) is 0 Å². The number of hydrogen-bond donors (Lipinski definition) is 0. The van der Waals surface area contributed by atoms with E-state index in [9.17, 15) is 4.79 Å². The number of fused-ring (bicyclic) bond motifs is 2. The van der Waals surface area contributed by atoms with Gasteiger partial charge in [-0.25, -0.2) is 4.79 Å². The van der Waals surface area contributed by atoms with Gasteiger partial charge < -0.3 is 23.8 Å². The van der Waals surface area contributed by atoms with Crippen LogP contribution in [0.5, 0.6) is 0 Å². The molecular formula is C24H33N3O3S. The minimum atomic E-state index is -0.189. The number of morpholine rings is 1. The molecule has 168 valence electrons. The maximum Gasteiger partial charge on any atom is 0.409 e. The third-order valence-electron chi connectivity index (χ3n) is 7.49. The van der Waals surface area contributed by atoms with E-state index in [1.165, 1.54) is 33.5 Å². The van der Waals surface area contributed by atoms with Crippen LogP contribution in [0.3, 0.4) is 0 Å². The van der Waals surface area contributed by atoms with E-state index in [1.54, 1.807) is 4.90 Å². The Morgan fingerprint density at radius 3 is 2.84 bits per heavy atom. The van der Waals surface area contributed by atoms with Crippen molar-refractivity contribution in [3.05, 3.63) is 29.3 Å². The standard InChI is InChI=1S/C24H33N3O3S/c1-25-15-16(7-10-30-24(28)27-8-11-29-12-9-27)13-18-17-5-4-6-20-22(17)19(14-21(18)25)23(31-3)26(20)2/h4-6,16,18,21H,7-15H2,1-3H3/t16?,18-,21-/m0/s1. The summed E-state index contributed by atoms with van der Waals surface area (Å²) in [7, 11) is 4.47. The number of thioether (sulfide) groups is 1. The van der Waals surface area contributed by atoms with E-state index in [0.29, 0.717) is 50.8 Å². The molecule has 3 aliphatic rings. The Kier molecular flexibility index (Phi) is 5.92. The molecule has 5 rings (SSSR count). The molecule has 3 atom stereocenters. The summed E-state index contributed by atoms with van der Waals surface area (Å²) in [4.78, 5) is 16.6. The number of aromatic nitrogens is 1. The molecule has 1 amide bonds. The van der Waals surface area contributed by atoms with Crippen LogP contribution in [0.15, 0.2) is 23.2 Å². The van der Waals surface area contributed by atoms with Crippen molar-refractivity contribution in [1.29, 1.82) is 0 Å². The van der Waals surface area contributed by atoms with E-state index < -0.39 is 0 Å². The van der Waals surface area contributed by atoms with Crippen molar-refractivity contribution >= 4 is 28.8 Å². The second-order valence-corrected chi connectivity index (χ2v) is 10.0. The molecule has 0 spiro atoms. The summed E-state index contributed by atoms with van der Waals surface area (Å²) in [6.07, 6.45) is 5.23. The van der Waals surface area contributed by atoms with Crippen molar-refractivity contribution in [2.24, 2.45) is 13.0 Å². The molecule has 2 aliphatic heterocycles. The van der Waals surface area contributed by atoms with Gasteiger partial charge in [-0.15, -0.1) is 11.8 Å². The fraction of sp³-hybridized carbons (Fsp3) is 0.625. The van der Waals surface area contributed by atoms with Crippen LogP contribution in [0.2, 0.25) is 0 Å². The number of likely N-dealkylation sites (N-methyl/N-ethyl adjacent to an activating group) is 1. The number of benzene rings is 1. The lowest BCUT2D eigenvalue weighted by Gasteiger charge is -2.45. The van der Waals surface area contributed by atoms with Crippen LogP contribution in [0.1, 0.15) is 29.9 Å². The fourth-order valence-corrected chi connectivity index (χ4v) is 6.79. The van der Waals surface area contributed by atoms with E-state index in [-0.39, 0.29) is 6.09 Å². The molecule has 31 heavy (non-hydrogen) atoms. The number of amides is 1. The van der Waals surface area contributed by atoms with Crippen LogP contribution in [0.25, 0.3) is 10.9 Å². The van der Waals surface area contributed by atoms with Crippen LogP contribution < -0.4 is 0 Å². The zero-order chi connectivity index (χ0) is 21.5. The summed E-state index contributed by atoms with van der Waals surface area (Å²) < 4.78 is 13.3. The Morgan fingerprint density at radius 1 is 1.26 bits per heavy atom. The molecule has 0 radical (unpaired) electrons. The summed E-state index contributed by atoms with van der Waals surface area (Å²) in [6, 6.07) is 7.39. The molecule has 0 bridgehead atoms. The third-order valence-corrected chi connectivity index (χ3v) is 8.40. The number of hydrogen-bond acceptors (Lipinski definition) is 5. The van der Waals surface area contributed by atoms with Gasteiger partial charge in [-0.05, 0) is 55.7 Å². The quantitative estimate of drug-likeness (QED) is 0.674. The fourth-order valence-electron chi connectivity index (χ4n) is 5.98. The predicted molar refractivity (Wildman–Crippen MR) is 124 cm³/mol. The lowest BCUT2D eigenvalue weighted by molar-refractivity contribution is 0.0232. The van der Waals surface area contributed by atoms with Gasteiger partial charge in [0.25, 0.3) is 0 Å². The molecule has 2 fully saturated rings. The molecule has 1 aliphatic carbocycles. The van der Waals surface area contributed by atoms with E-state index >= 15 is 0 Å². The van der Waals surface area contributed by atoms with Crippen LogP contribution in [-0.2, 0) is 22.9 Å². The van der Waals surface area contributed by atoms with E-state index in [4.69, 9.17) is 9.47 Å². The van der Waals surface area contributed by atoms with Crippen molar-refractivity contribution < 1.29 is 14.3 Å². The largest absolute Gasteiger partial charge is 0.449 e. The number of rotatable bonds is 4. The number of ether oxygens (including phenoxy) is 2. The first-order chi connectivity index (χ1) is 15.1. The van der Waals surface area contributed by atoms with Crippen LogP contribution in [-0.4, -0.2) is 79.3 Å². The summed E-state index contributed by atoms with van der Waals surface area (Å²) in [5, 5.41) is 2.90. The van der Waals surface area contributed by atoms with Crippen molar-refractivity contribution in [2.45, 2.75) is 36.2 Å². The maximum atomic E-state index is 12.3. The SMILES string of the molecule is CSc1c2c3c(cccc3n1C)[C@@H]1CC(CCOC(=O)N3CCOCC3)CN(C)[C@H]1C2. The van der Waals surface area contributed by atoms with E-state index in [1.807, 2.05) is 11.8 Å². The zero-order valence-electron chi connectivity index (χ0n) is 18.8. The minimum Gasteiger partial charge on any atom is -0.449 e. The number of aryl methyl sites for hydroxylation is 1. The predicted octanol–water partition coefficient (Wildman–Crippen LogP) is 3.72. The monoisotopic (exact) mass is 443 g/mol. The van der Waals surface area contributed by atoms with Gasteiger partial charge in [-0.1, -0.05) is 12.1 Å². The molecule has 1 aromatic heterocycles. The Balaban J connectivity index is 1.30. The molecule has 2 saturated heterocycles. The second kappa shape index (κ2) is 8.68. The number of piperidine rings is 1. The molecule has 0 saturated carbocycles. The second-order valence-electron chi connectivity index (χ2n) is 9.21. The number of carbonyl (C=O) groups is 1. The first-order valence-corrected chi connectivity index (χ1v) is 12.6. The normalized spacial score (nSPS) is 26.2. The van der Waals surface area contributed by atoms with Gasteiger partial charge in [0.2, 0.25) is 0 Å². The van der Waals surface area contributed by atoms with E-state index in [2.05, 4.69) is 48.0 Å². The molecule has 2 aromatic rings. The van der Waals surface area contributed by atoms with Gasteiger partial charge in [0.15, 0.2) is 0 Å². The smallest absolute Gasteiger partial charge is 0.409 e. The summed E-state index contributed by atoms with van der Waals surface area (Å²) in [5.41, 5.74) is 4.41. The van der Waals surface area contributed by atoms with Gasteiger partial charge >= 0.3 is 6.09 Å². The molecule has 7 heteroatoms. The Hall–Kier alpha value is -1.70. The first-order valence-electron chi connectivity index (χ1n) is 11.4. The Labute approximate surface area is 188 Å². The average molecular weight is 444 g/mol. The van der Waals surface area contributed by atoms with Crippen LogP contribution >= 0.6 is 11.8 Å². The highest BCUT2D eigenvalue weighted by molar-refractivity contribution is 7.98. The zero-order valence-corrected chi connectivity index (χ0v) is 19.6. The third kappa shape index (κ3) is 3.74. The van der Waals surface area contributed by atoms with Gasteiger partial charge in [-0.3, -0.25) is 0 Å². The summed E-state index contributed by atoms with van der Waals surface area (Å²) in [6.45, 7) is 4.06. The highest BCUT2D eigenvalue weighted by Gasteiger charge is 2.40. The van der Waals surface area contributed by atoms with Crippen molar-refractivity contribution in [2.75, 3.05) is 52.8 Å². The summed E-state index contributed by atoms with van der Waals surface area (Å²) in [5.74, 6) is 1.09. The highest BCUT2D eigenvalue weighted by atomic mass is 32.2. The molecule has 6 nitrogen and oxygen atoms in total. The average Bonchev–Trinajstić information content (AvgIpc) is 3.07. The molecule has 1 unspecified atom stereocenters. The van der Waals surface area contributed by atoms with Gasteiger partial charge in [0.05, 0.1) is 24.8 Å². The lowest BCUT2D eigenvalue weighted by Crippen LogP contribution is -2.48. The minimum absolute atomic E-state index is 0.189. The Morgan fingerprint density at radius 2 is 2.06 bits per heavy atom. The number of likely N-dealkylation sites (tertiary alicyclic amines) is 1. The van der Waals surface area contributed by atoms with Gasteiger partial charge in [-0.2, -0.15) is 0 Å². The maximum absolute atomic E-state index is 12.3. The highest BCUT2D eigenvalue weighted by Crippen LogP contribution is 2.47. The van der Waals surface area contributed by atoms with Crippen LogP contribution in [0.4, 0.5) is 4.79 Å². The first kappa shape index (κ1) is 21.2. The topological polar surface area (TPSA) is 46.9 Å². The lowest BCUT2D eigenvalue weighted by atomic mass is 9.72. The number of carbonyl (C=O) groups excluding carboxylic acids is 1. The molecule has 0 N–H and O–H groups in total. The number of nitrogens with zero attached hydrogens (tertiary/aromatic N) is 3.